The van der Waals surface area contributed by atoms with Gasteiger partial charge in [0.2, 0.25) is 0 Å². The van der Waals surface area contributed by atoms with Crippen LogP contribution in [0.5, 0.6) is 0 Å². The molecule has 3 nitrogen and oxygen atoms in total. The van der Waals surface area contributed by atoms with Gasteiger partial charge in [-0.3, -0.25) is 0 Å². The topological polar surface area (TPSA) is 37.8 Å². The largest absolute Gasteiger partial charge is 0.340 e. The highest BCUT2D eigenvalue weighted by molar-refractivity contribution is 7.19. The van der Waals surface area contributed by atoms with Gasteiger partial charge in [-0.1, -0.05) is 41.4 Å². The number of hydrogen-bond acceptors (Lipinski definition) is 4. The summed E-state index contributed by atoms with van der Waals surface area (Å²) in [6, 6.07) is 16.2. The Morgan fingerprint density at radius 3 is 2.36 bits per heavy atom. The van der Waals surface area contributed by atoms with Gasteiger partial charge in [0.15, 0.2) is 0 Å². The first-order chi connectivity index (χ1) is 12.1. The average molecular weight is 366 g/mol. The Labute approximate surface area is 155 Å². The van der Waals surface area contributed by atoms with Gasteiger partial charge >= 0.3 is 0 Å². The van der Waals surface area contributed by atoms with E-state index in [9.17, 15) is 0 Å². The maximum Gasteiger partial charge on any atom is 0.143 e. The Hall–Kier alpha value is -2.43. The molecule has 0 bridgehead atoms. The van der Waals surface area contributed by atoms with Crippen LogP contribution in [0.15, 0.2) is 54.9 Å². The molecule has 0 amide bonds. The highest BCUT2D eigenvalue weighted by Crippen LogP contribution is 2.41. The van der Waals surface area contributed by atoms with E-state index in [1.807, 2.05) is 24.3 Å². The fourth-order valence-electron chi connectivity index (χ4n) is 2.88. The molecule has 5 heteroatoms. The van der Waals surface area contributed by atoms with Crippen LogP contribution < -0.4 is 5.32 Å². The summed E-state index contributed by atoms with van der Waals surface area (Å²) in [5, 5.41) is 5.22. The van der Waals surface area contributed by atoms with Crippen molar-refractivity contribution in [1.29, 1.82) is 0 Å². The van der Waals surface area contributed by atoms with Crippen molar-refractivity contribution >= 4 is 44.7 Å². The number of nitrogens with zero attached hydrogens (tertiary/aromatic N) is 2. The summed E-state index contributed by atoms with van der Waals surface area (Å²) in [5.74, 6) is 0.822. The van der Waals surface area contributed by atoms with E-state index in [4.69, 9.17) is 11.6 Å². The van der Waals surface area contributed by atoms with Crippen molar-refractivity contribution in [1.82, 2.24) is 9.97 Å². The molecular weight excluding hydrogens is 350 g/mol. The molecule has 0 aliphatic carbocycles. The zero-order chi connectivity index (χ0) is 17.4. The van der Waals surface area contributed by atoms with Gasteiger partial charge < -0.3 is 5.32 Å². The number of anilines is 2. The minimum Gasteiger partial charge on any atom is -0.340 e. The van der Waals surface area contributed by atoms with Crippen molar-refractivity contribution in [3.63, 3.8) is 0 Å². The van der Waals surface area contributed by atoms with E-state index in [2.05, 4.69) is 53.4 Å². The number of hydrogen-bond donors (Lipinski definition) is 1. The molecule has 0 spiro atoms. The normalized spacial score (nSPS) is 11.0. The zero-order valence-electron chi connectivity index (χ0n) is 13.9. The summed E-state index contributed by atoms with van der Waals surface area (Å²) in [5.41, 5.74) is 4.52. The van der Waals surface area contributed by atoms with Crippen LogP contribution in [0.2, 0.25) is 5.02 Å². The van der Waals surface area contributed by atoms with Crippen LogP contribution in [-0.4, -0.2) is 9.97 Å². The smallest absolute Gasteiger partial charge is 0.143 e. The lowest BCUT2D eigenvalue weighted by atomic mass is 10.0. The van der Waals surface area contributed by atoms with E-state index < -0.39 is 0 Å². The molecule has 0 radical (unpaired) electrons. The second-order valence-corrected chi connectivity index (χ2v) is 7.57. The molecule has 0 aliphatic heterocycles. The maximum atomic E-state index is 6.05. The molecule has 0 unspecified atom stereocenters. The maximum absolute atomic E-state index is 6.05. The minimum absolute atomic E-state index is 0.732. The molecule has 4 rings (SSSR count). The molecular formula is C20H16ClN3S. The predicted octanol–water partition coefficient (Wildman–Crippen LogP) is 6.37. The van der Waals surface area contributed by atoms with E-state index in [1.54, 1.807) is 17.7 Å². The molecule has 0 atom stereocenters. The number of aromatic nitrogens is 2. The molecule has 0 saturated carbocycles. The standard InChI is InChI=1S/C20H16ClN3S/c1-12-3-9-16(10-4-12)24-19-18-17(14-5-7-15(21)8-6-14)13(2)25-20(18)23-11-22-19/h3-11H,1-2H3,(H,22,23,24). The van der Waals surface area contributed by atoms with Crippen LogP contribution in [0, 0.1) is 13.8 Å². The summed E-state index contributed by atoms with van der Waals surface area (Å²) >= 11 is 7.73. The lowest BCUT2D eigenvalue weighted by molar-refractivity contribution is 1.23. The Bertz CT molecular complexity index is 1040. The zero-order valence-corrected chi connectivity index (χ0v) is 15.4. The van der Waals surface area contributed by atoms with Gasteiger partial charge in [-0.25, -0.2) is 9.97 Å². The van der Waals surface area contributed by atoms with Gasteiger partial charge in [-0.2, -0.15) is 0 Å². The molecule has 0 fully saturated rings. The fourth-order valence-corrected chi connectivity index (χ4v) is 4.02. The predicted molar refractivity (Wildman–Crippen MR) is 107 cm³/mol. The quantitative estimate of drug-likeness (QED) is 0.458. The van der Waals surface area contributed by atoms with Crippen molar-refractivity contribution in [2.45, 2.75) is 13.8 Å². The highest BCUT2D eigenvalue weighted by Gasteiger charge is 2.16. The lowest BCUT2D eigenvalue weighted by Crippen LogP contribution is -1.95. The third-order valence-corrected chi connectivity index (χ3v) is 5.38. The first kappa shape index (κ1) is 16.1. The minimum atomic E-state index is 0.732. The Morgan fingerprint density at radius 2 is 1.64 bits per heavy atom. The first-order valence-electron chi connectivity index (χ1n) is 7.95. The third-order valence-electron chi connectivity index (χ3n) is 4.11. The Kier molecular flexibility index (Phi) is 4.15. The summed E-state index contributed by atoms with van der Waals surface area (Å²) in [6.07, 6.45) is 1.61. The van der Waals surface area contributed by atoms with Gasteiger partial charge in [0.05, 0.1) is 5.39 Å². The van der Waals surface area contributed by atoms with Gasteiger partial charge in [0.1, 0.15) is 17.0 Å². The molecule has 0 aliphatic rings. The second-order valence-electron chi connectivity index (χ2n) is 5.93. The van der Waals surface area contributed by atoms with Gasteiger partial charge in [-0.15, -0.1) is 11.3 Å². The van der Waals surface area contributed by atoms with E-state index in [0.717, 1.165) is 37.9 Å². The van der Waals surface area contributed by atoms with Gasteiger partial charge in [0.25, 0.3) is 0 Å². The van der Waals surface area contributed by atoms with Crippen LogP contribution in [0.1, 0.15) is 10.4 Å². The molecule has 2 heterocycles. The van der Waals surface area contributed by atoms with E-state index >= 15 is 0 Å². The van der Waals surface area contributed by atoms with Crippen LogP contribution in [-0.2, 0) is 0 Å². The van der Waals surface area contributed by atoms with E-state index in [0.29, 0.717) is 0 Å². The summed E-state index contributed by atoms with van der Waals surface area (Å²) in [7, 11) is 0. The summed E-state index contributed by atoms with van der Waals surface area (Å²) < 4.78 is 0. The van der Waals surface area contributed by atoms with E-state index in [-0.39, 0.29) is 0 Å². The van der Waals surface area contributed by atoms with Crippen molar-refractivity contribution in [3.8, 4) is 11.1 Å². The lowest BCUT2D eigenvalue weighted by Gasteiger charge is -2.09. The summed E-state index contributed by atoms with van der Waals surface area (Å²) in [6.45, 7) is 4.19. The van der Waals surface area contributed by atoms with Crippen molar-refractivity contribution in [3.05, 3.63) is 70.3 Å². The Morgan fingerprint density at radius 1 is 0.920 bits per heavy atom. The molecule has 4 aromatic rings. The van der Waals surface area contributed by atoms with Crippen LogP contribution in [0.3, 0.4) is 0 Å². The SMILES string of the molecule is Cc1ccc(Nc2ncnc3sc(C)c(-c4ccc(Cl)cc4)c23)cc1. The van der Waals surface area contributed by atoms with Crippen LogP contribution in [0.4, 0.5) is 11.5 Å². The van der Waals surface area contributed by atoms with Gasteiger partial charge in [-0.05, 0) is 43.7 Å². The number of halogens is 1. The number of thiophene rings is 1. The van der Waals surface area contributed by atoms with Crippen LogP contribution in [0.25, 0.3) is 21.3 Å². The summed E-state index contributed by atoms with van der Waals surface area (Å²) in [4.78, 5) is 11.2. The van der Waals surface area contributed by atoms with E-state index in [1.165, 1.54) is 10.4 Å². The monoisotopic (exact) mass is 365 g/mol. The van der Waals surface area contributed by atoms with Crippen LogP contribution >= 0.6 is 22.9 Å². The van der Waals surface area contributed by atoms with Gasteiger partial charge in [0, 0.05) is 21.2 Å². The average Bonchev–Trinajstić information content (AvgIpc) is 2.95. The molecule has 124 valence electrons. The molecule has 2 aromatic heterocycles. The second kappa shape index (κ2) is 6.47. The van der Waals surface area contributed by atoms with Crippen molar-refractivity contribution in [2.75, 3.05) is 5.32 Å². The van der Waals surface area contributed by atoms with Crippen molar-refractivity contribution < 1.29 is 0 Å². The molecule has 1 N–H and O–H groups in total. The number of benzene rings is 2. The third kappa shape index (κ3) is 3.11. The highest BCUT2D eigenvalue weighted by atomic mass is 35.5. The van der Waals surface area contributed by atoms with Crippen molar-refractivity contribution in [2.24, 2.45) is 0 Å². The fraction of sp³-hybridized carbons (Fsp3) is 0.100. The number of fused-ring (bicyclic) bond motifs is 1. The number of rotatable bonds is 3. The molecule has 25 heavy (non-hydrogen) atoms. The molecule has 2 aromatic carbocycles. The first-order valence-corrected chi connectivity index (χ1v) is 9.15. The molecule has 0 saturated heterocycles. The Balaban J connectivity index is 1.87. The number of nitrogens with one attached hydrogen (secondary N) is 1. The number of aryl methyl sites for hydroxylation is 2.